The number of benzene rings is 1. The molecular weight excluding hydrogens is 252 g/mol. The quantitative estimate of drug-likeness (QED) is 0.838. The Bertz CT molecular complexity index is 523. The van der Waals surface area contributed by atoms with Gasteiger partial charge in [-0.15, -0.1) is 0 Å². The third kappa shape index (κ3) is 2.50. The van der Waals surface area contributed by atoms with Crippen molar-refractivity contribution in [1.29, 1.82) is 0 Å². The van der Waals surface area contributed by atoms with E-state index in [9.17, 15) is 4.79 Å². The zero-order chi connectivity index (χ0) is 14.8. The van der Waals surface area contributed by atoms with Gasteiger partial charge in [0.05, 0.1) is 12.0 Å². The fourth-order valence-electron chi connectivity index (χ4n) is 2.02. The smallest absolute Gasteiger partial charge is 0.250 e. The Balaban J connectivity index is 2.25. The predicted octanol–water partition coefficient (Wildman–Crippen LogP) is 3.26. The van der Waals surface area contributed by atoms with Crippen LogP contribution in [0.5, 0.6) is 5.75 Å². The van der Waals surface area contributed by atoms with Crippen LogP contribution in [0, 0.1) is 5.41 Å². The first kappa shape index (κ1) is 14.4. The molecule has 1 saturated heterocycles. The maximum Gasteiger partial charge on any atom is 0.250 e. The van der Waals surface area contributed by atoms with Gasteiger partial charge in [0.25, 0.3) is 0 Å². The van der Waals surface area contributed by atoms with Gasteiger partial charge in [0, 0.05) is 5.70 Å². The number of rotatable bonds is 5. The van der Waals surface area contributed by atoms with E-state index in [0.717, 1.165) is 30.0 Å². The minimum Gasteiger partial charge on any atom is -0.491 e. The summed E-state index contributed by atoms with van der Waals surface area (Å²) >= 11 is 0. The van der Waals surface area contributed by atoms with Crippen LogP contribution in [0.25, 0.3) is 0 Å². The molecule has 1 aliphatic heterocycles. The number of hydrogen-bond donors (Lipinski definition) is 1. The summed E-state index contributed by atoms with van der Waals surface area (Å²) in [6.45, 7) is 10.6. The average Bonchev–Trinajstić information content (AvgIpc) is 2.63. The number of carbonyl (C=O) groups is 1. The molecule has 2 rings (SSSR count). The van der Waals surface area contributed by atoms with Crippen molar-refractivity contribution in [1.82, 2.24) is 5.43 Å². The zero-order valence-electron chi connectivity index (χ0n) is 12.4. The maximum atomic E-state index is 12.0. The Kier molecular flexibility index (Phi) is 4.02. The summed E-state index contributed by atoms with van der Waals surface area (Å²) in [5.74, 6) is 0.714. The normalized spacial score (nSPS) is 17.2. The van der Waals surface area contributed by atoms with Crippen molar-refractivity contribution in [2.75, 3.05) is 11.6 Å². The van der Waals surface area contributed by atoms with Crippen molar-refractivity contribution >= 4 is 11.6 Å². The topological polar surface area (TPSA) is 41.6 Å². The van der Waals surface area contributed by atoms with Gasteiger partial charge in [0.1, 0.15) is 11.4 Å². The monoisotopic (exact) mass is 274 g/mol. The lowest BCUT2D eigenvalue weighted by Crippen LogP contribution is -2.32. The fraction of sp³-hybridized carbons (Fsp3) is 0.438. The van der Waals surface area contributed by atoms with E-state index in [1.54, 1.807) is 5.01 Å². The van der Waals surface area contributed by atoms with Crippen LogP contribution < -0.4 is 15.2 Å². The summed E-state index contributed by atoms with van der Waals surface area (Å²) < 4.78 is 5.81. The van der Waals surface area contributed by atoms with Crippen molar-refractivity contribution in [3.63, 3.8) is 0 Å². The van der Waals surface area contributed by atoms with E-state index in [2.05, 4.69) is 18.9 Å². The highest BCUT2D eigenvalue weighted by atomic mass is 16.5. The Hall–Kier alpha value is -1.97. The molecule has 1 N–H and O–H groups in total. The summed E-state index contributed by atoms with van der Waals surface area (Å²) in [4.78, 5) is 12.0. The Morgan fingerprint density at radius 1 is 1.35 bits per heavy atom. The molecule has 20 heavy (non-hydrogen) atoms. The molecule has 0 atom stereocenters. The summed E-state index contributed by atoms with van der Waals surface area (Å²) in [5.41, 5.74) is 3.81. The molecule has 1 aliphatic rings. The van der Waals surface area contributed by atoms with Crippen LogP contribution in [0.4, 0.5) is 5.69 Å². The molecule has 4 heteroatoms. The number of anilines is 1. The van der Waals surface area contributed by atoms with Crippen LogP contribution in [-0.2, 0) is 4.79 Å². The van der Waals surface area contributed by atoms with Crippen molar-refractivity contribution in [3.8, 4) is 5.75 Å². The predicted molar refractivity (Wildman–Crippen MR) is 80.4 cm³/mol. The molecule has 0 aromatic heterocycles. The molecule has 1 amide bonds. The first-order valence-electron chi connectivity index (χ1n) is 7.01. The van der Waals surface area contributed by atoms with Crippen molar-refractivity contribution in [2.24, 2.45) is 5.41 Å². The molecule has 0 bridgehead atoms. The molecule has 1 fully saturated rings. The van der Waals surface area contributed by atoms with Gasteiger partial charge in [0.2, 0.25) is 5.91 Å². The van der Waals surface area contributed by atoms with Crippen LogP contribution >= 0.6 is 0 Å². The molecule has 108 valence electrons. The molecule has 0 aliphatic carbocycles. The number of para-hydroxylation sites is 2. The van der Waals surface area contributed by atoms with Gasteiger partial charge in [-0.1, -0.05) is 32.1 Å². The molecule has 0 spiro atoms. The standard InChI is InChI=1S/C16H22N2O2/c1-5-6-11-20-14-10-8-7-9-13(14)18-12(2)16(3,4)15(19)17-18/h7-10H,2,5-6,11H2,1,3-4H3,(H,17,19). The van der Waals surface area contributed by atoms with Gasteiger partial charge >= 0.3 is 0 Å². The number of nitrogens with one attached hydrogen (secondary N) is 1. The summed E-state index contributed by atoms with van der Waals surface area (Å²) in [6.07, 6.45) is 2.09. The van der Waals surface area contributed by atoms with E-state index in [1.807, 2.05) is 38.1 Å². The van der Waals surface area contributed by atoms with Crippen molar-refractivity contribution in [2.45, 2.75) is 33.6 Å². The second-order valence-corrected chi connectivity index (χ2v) is 5.52. The van der Waals surface area contributed by atoms with Crippen LogP contribution in [-0.4, -0.2) is 12.5 Å². The lowest BCUT2D eigenvalue weighted by Gasteiger charge is -2.24. The SMILES string of the molecule is C=C1N(c2ccccc2OCCCC)NC(=O)C1(C)C. The Morgan fingerprint density at radius 2 is 2.05 bits per heavy atom. The van der Waals surface area contributed by atoms with Crippen LogP contribution in [0.1, 0.15) is 33.6 Å². The third-order valence-electron chi connectivity index (χ3n) is 3.63. The van der Waals surface area contributed by atoms with Gasteiger partial charge in [-0.2, -0.15) is 0 Å². The second-order valence-electron chi connectivity index (χ2n) is 5.52. The van der Waals surface area contributed by atoms with Gasteiger partial charge < -0.3 is 4.74 Å². The lowest BCUT2D eigenvalue weighted by molar-refractivity contribution is -0.125. The molecule has 1 heterocycles. The fourth-order valence-corrected chi connectivity index (χ4v) is 2.02. The minimum absolute atomic E-state index is 0.0501. The van der Waals surface area contributed by atoms with Crippen molar-refractivity contribution < 1.29 is 9.53 Å². The third-order valence-corrected chi connectivity index (χ3v) is 3.63. The zero-order valence-corrected chi connectivity index (χ0v) is 12.4. The van der Waals surface area contributed by atoms with E-state index in [-0.39, 0.29) is 5.91 Å². The van der Waals surface area contributed by atoms with Gasteiger partial charge in [0.15, 0.2) is 0 Å². The van der Waals surface area contributed by atoms with Crippen LogP contribution in [0.2, 0.25) is 0 Å². The van der Waals surface area contributed by atoms with Crippen LogP contribution in [0.15, 0.2) is 36.5 Å². The number of nitrogens with zero attached hydrogens (tertiary/aromatic N) is 1. The Morgan fingerprint density at radius 3 is 2.65 bits per heavy atom. The number of hydrazine groups is 1. The number of carbonyl (C=O) groups excluding carboxylic acids is 1. The van der Waals surface area contributed by atoms with Gasteiger partial charge in [-0.05, 0) is 32.4 Å². The van der Waals surface area contributed by atoms with E-state index >= 15 is 0 Å². The second kappa shape index (κ2) is 5.57. The molecular formula is C16H22N2O2. The molecule has 0 radical (unpaired) electrons. The lowest BCUT2D eigenvalue weighted by atomic mass is 9.90. The molecule has 4 nitrogen and oxygen atoms in total. The highest BCUT2D eigenvalue weighted by Crippen LogP contribution is 2.39. The van der Waals surface area contributed by atoms with E-state index in [0.29, 0.717) is 6.61 Å². The molecule has 0 saturated carbocycles. The van der Waals surface area contributed by atoms with Crippen LogP contribution in [0.3, 0.4) is 0 Å². The molecule has 0 unspecified atom stereocenters. The summed E-state index contributed by atoms with van der Waals surface area (Å²) in [7, 11) is 0. The molecule has 1 aromatic rings. The Labute approximate surface area is 120 Å². The minimum atomic E-state index is -0.601. The van der Waals surface area contributed by atoms with E-state index < -0.39 is 5.41 Å². The van der Waals surface area contributed by atoms with E-state index in [4.69, 9.17) is 4.74 Å². The van der Waals surface area contributed by atoms with Crippen molar-refractivity contribution in [3.05, 3.63) is 36.5 Å². The first-order chi connectivity index (χ1) is 9.48. The maximum absolute atomic E-state index is 12.0. The number of ether oxygens (including phenoxy) is 1. The number of unbranched alkanes of at least 4 members (excludes halogenated alkanes) is 1. The first-order valence-corrected chi connectivity index (χ1v) is 7.01. The van der Waals surface area contributed by atoms with Gasteiger partial charge in [-0.25, -0.2) is 0 Å². The van der Waals surface area contributed by atoms with Gasteiger partial charge in [-0.3, -0.25) is 15.2 Å². The summed E-state index contributed by atoms with van der Waals surface area (Å²) in [6, 6.07) is 7.69. The average molecular weight is 274 g/mol. The highest BCUT2D eigenvalue weighted by molar-refractivity contribution is 5.92. The number of amides is 1. The summed E-state index contributed by atoms with van der Waals surface area (Å²) in [5, 5.41) is 1.73. The van der Waals surface area contributed by atoms with E-state index in [1.165, 1.54) is 0 Å². The largest absolute Gasteiger partial charge is 0.491 e. The highest BCUT2D eigenvalue weighted by Gasteiger charge is 2.42. The number of hydrogen-bond acceptors (Lipinski definition) is 3. The molecule has 1 aromatic carbocycles.